The quantitative estimate of drug-likeness (QED) is 0.622. The van der Waals surface area contributed by atoms with Crippen molar-refractivity contribution in [3.63, 3.8) is 0 Å². The maximum absolute atomic E-state index is 13.1. The SMILES string of the molecule is COc1ccc(C2CCN(C(=O)c3ccc(-c4ccc(F)cc4)s3)C2)cc1. The van der Waals surface area contributed by atoms with Crippen LogP contribution in [0.15, 0.2) is 60.7 Å². The molecular weight excluding hydrogens is 361 g/mol. The highest BCUT2D eigenvalue weighted by molar-refractivity contribution is 7.17. The Morgan fingerprint density at radius 1 is 1.07 bits per heavy atom. The summed E-state index contributed by atoms with van der Waals surface area (Å²) in [4.78, 5) is 16.5. The molecule has 2 heterocycles. The number of hydrogen-bond acceptors (Lipinski definition) is 3. The van der Waals surface area contributed by atoms with E-state index >= 15 is 0 Å². The van der Waals surface area contributed by atoms with Gasteiger partial charge in [-0.15, -0.1) is 11.3 Å². The van der Waals surface area contributed by atoms with Crippen molar-refractivity contribution in [1.82, 2.24) is 4.90 Å². The van der Waals surface area contributed by atoms with Crippen LogP contribution in [0.2, 0.25) is 0 Å². The molecule has 1 amide bonds. The molecule has 0 spiro atoms. The summed E-state index contributed by atoms with van der Waals surface area (Å²) in [5, 5.41) is 0. The van der Waals surface area contributed by atoms with Crippen LogP contribution in [0.4, 0.5) is 4.39 Å². The number of thiophene rings is 1. The van der Waals surface area contributed by atoms with Crippen molar-refractivity contribution in [2.75, 3.05) is 20.2 Å². The molecule has 1 fully saturated rings. The van der Waals surface area contributed by atoms with Gasteiger partial charge in [0.2, 0.25) is 0 Å². The van der Waals surface area contributed by atoms with Crippen LogP contribution in [0, 0.1) is 5.82 Å². The number of benzene rings is 2. The number of carbonyl (C=O) groups is 1. The molecule has 1 unspecified atom stereocenters. The third-order valence-electron chi connectivity index (χ3n) is 5.01. The molecule has 1 aliphatic rings. The molecule has 0 bridgehead atoms. The predicted molar refractivity (Wildman–Crippen MR) is 106 cm³/mol. The van der Waals surface area contributed by atoms with Crippen LogP contribution >= 0.6 is 11.3 Å². The van der Waals surface area contributed by atoms with Crippen LogP contribution in [0.3, 0.4) is 0 Å². The predicted octanol–water partition coefficient (Wildman–Crippen LogP) is 5.19. The van der Waals surface area contributed by atoms with Crippen molar-refractivity contribution in [2.24, 2.45) is 0 Å². The zero-order valence-electron chi connectivity index (χ0n) is 15.0. The minimum absolute atomic E-state index is 0.0735. The van der Waals surface area contributed by atoms with Crippen LogP contribution in [0.5, 0.6) is 5.75 Å². The fourth-order valence-electron chi connectivity index (χ4n) is 3.47. The summed E-state index contributed by atoms with van der Waals surface area (Å²) in [6.45, 7) is 1.49. The average Bonchev–Trinajstić information content (AvgIpc) is 3.38. The maximum atomic E-state index is 13.1. The Morgan fingerprint density at radius 2 is 1.81 bits per heavy atom. The summed E-state index contributed by atoms with van der Waals surface area (Å²) >= 11 is 1.46. The topological polar surface area (TPSA) is 29.5 Å². The highest BCUT2D eigenvalue weighted by Gasteiger charge is 2.28. The molecule has 0 radical (unpaired) electrons. The first-order valence-electron chi connectivity index (χ1n) is 8.93. The molecule has 27 heavy (non-hydrogen) atoms. The van der Waals surface area contributed by atoms with E-state index in [1.54, 1.807) is 19.2 Å². The number of methoxy groups -OCH3 is 1. The number of amides is 1. The molecule has 4 rings (SSSR count). The molecule has 1 saturated heterocycles. The van der Waals surface area contributed by atoms with Crippen molar-refractivity contribution in [3.8, 4) is 16.2 Å². The molecule has 3 aromatic rings. The Labute approximate surface area is 162 Å². The Kier molecular flexibility index (Phi) is 4.94. The second-order valence-corrected chi connectivity index (χ2v) is 7.76. The molecule has 0 aliphatic carbocycles. The fourth-order valence-corrected chi connectivity index (χ4v) is 4.45. The van der Waals surface area contributed by atoms with Gasteiger partial charge in [0.25, 0.3) is 5.91 Å². The first kappa shape index (κ1) is 17.7. The zero-order chi connectivity index (χ0) is 18.8. The highest BCUT2D eigenvalue weighted by atomic mass is 32.1. The Bertz CT molecular complexity index is 934. The number of hydrogen-bond donors (Lipinski definition) is 0. The van der Waals surface area contributed by atoms with Crippen LogP contribution in [0.1, 0.15) is 27.6 Å². The van der Waals surface area contributed by atoms with Gasteiger partial charge in [-0.25, -0.2) is 4.39 Å². The highest BCUT2D eigenvalue weighted by Crippen LogP contribution is 2.32. The molecule has 138 valence electrons. The summed E-state index contributed by atoms with van der Waals surface area (Å²) < 4.78 is 18.3. The van der Waals surface area contributed by atoms with Crippen molar-refractivity contribution in [3.05, 3.63) is 76.9 Å². The lowest BCUT2D eigenvalue weighted by Gasteiger charge is -2.16. The van der Waals surface area contributed by atoms with Gasteiger partial charge in [-0.1, -0.05) is 24.3 Å². The van der Waals surface area contributed by atoms with Gasteiger partial charge in [0, 0.05) is 23.9 Å². The molecular formula is C22H20FNO2S. The average molecular weight is 381 g/mol. The van der Waals surface area contributed by atoms with E-state index in [0.717, 1.165) is 40.6 Å². The zero-order valence-corrected chi connectivity index (χ0v) is 15.8. The number of rotatable bonds is 4. The maximum Gasteiger partial charge on any atom is 0.263 e. The molecule has 2 aromatic carbocycles. The van der Waals surface area contributed by atoms with Crippen LogP contribution in [-0.4, -0.2) is 31.0 Å². The van der Waals surface area contributed by atoms with E-state index in [1.165, 1.54) is 29.0 Å². The lowest BCUT2D eigenvalue weighted by atomic mass is 9.98. The summed E-state index contributed by atoms with van der Waals surface area (Å²) in [6.07, 6.45) is 0.967. The molecule has 0 saturated carbocycles. The van der Waals surface area contributed by atoms with Gasteiger partial charge in [-0.3, -0.25) is 4.79 Å². The van der Waals surface area contributed by atoms with Crippen molar-refractivity contribution in [2.45, 2.75) is 12.3 Å². The van der Waals surface area contributed by atoms with E-state index in [2.05, 4.69) is 12.1 Å². The third kappa shape index (κ3) is 3.74. The fraction of sp³-hybridized carbons (Fsp3) is 0.227. The summed E-state index contributed by atoms with van der Waals surface area (Å²) in [7, 11) is 1.66. The van der Waals surface area contributed by atoms with Gasteiger partial charge >= 0.3 is 0 Å². The Hall–Kier alpha value is -2.66. The van der Waals surface area contributed by atoms with Crippen LogP contribution < -0.4 is 4.74 Å². The lowest BCUT2D eigenvalue weighted by molar-refractivity contribution is 0.0795. The van der Waals surface area contributed by atoms with E-state index in [4.69, 9.17) is 4.74 Å². The Balaban J connectivity index is 1.45. The smallest absolute Gasteiger partial charge is 0.263 e. The van der Waals surface area contributed by atoms with E-state index in [9.17, 15) is 9.18 Å². The minimum atomic E-state index is -0.256. The molecule has 1 atom stereocenters. The molecule has 5 heteroatoms. The molecule has 3 nitrogen and oxygen atoms in total. The van der Waals surface area contributed by atoms with E-state index < -0.39 is 0 Å². The summed E-state index contributed by atoms with van der Waals surface area (Å²) in [5.74, 6) is 1.02. The molecule has 1 aliphatic heterocycles. The van der Waals surface area contributed by atoms with Crippen LogP contribution in [0.25, 0.3) is 10.4 Å². The van der Waals surface area contributed by atoms with E-state index in [-0.39, 0.29) is 11.7 Å². The van der Waals surface area contributed by atoms with Gasteiger partial charge in [-0.2, -0.15) is 0 Å². The molecule has 0 N–H and O–H groups in total. The van der Waals surface area contributed by atoms with Crippen molar-refractivity contribution in [1.29, 1.82) is 0 Å². The first-order valence-corrected chi connectivity index (χ1v) is 9.74. The molecule has 1 aromatic heterocycles. The van der Waals surface area contributed by atoms with Crippen LogP contribution in [-0.2, 0) is 0 Å². The standard InChI is InChI=1S/C22H20FNO2S/c1-26-19-8-4-15(5-9-19)17-12-13-24(14-17)22(25)21-11-10-20(27-21)16-2-6-18(23)7-3-16/h2-11,17H,12-14H2,1H3. The Morgan fingerprint density at radius 3 is 2.52 bits per heavy atom. The number of ether oxygens (including phenoxy) is 1. The van der Waals surface area contributed by atoms with E-state index in [0.29, 0.717) is 5.92 Å². The largest absolute Gasteiger partial charge is 0.497 e. The van der Waals surface area contributed by atoms with Gasteiger partial charge in [0.05, 0.1) is 12.0 Å². The minimum Gasteiger partial charge on any atom is -0.497 e. The number of likely N-dealkylation sites (tertiary alicyclic amines) is 1. The second kappa shape index (κ2) is 7.53. The monoisotopic (exact) mass is 381 g/mol. The van der Waals surface area contributed by atoms with Crippen molar-refractivity contribution < 1.29 is 13.9 Å². The number of halogens is 1. The van der Waals surface area contributed by atoms with Crippen molar-refractivity contribution >= 4 is 17.2 Å². The first-order chi connectivity index (χ1) is 13.1. The normalized spacial score (nSPS) is 16.5. The third-order valence-corrected chi connectivity index (χ3v) is 6.13. The van der Waals surface area contributed by atoms with Gasteiger partial charge in [0.1, 0.15) is 11.6 Å². The summed E-state index contributed by atoms with van der Waals surface area (Å²) in [5.41, 5.74) is 2.17. The van der Waals surface area contributed by atoms with Gasteiger partial charge in [-0.05, 0) is 53.9 Å². The summed E-state index contributed by atoms with van der Waals surface area (Å²) in [6, 6.07) is 18.3. The van der Waals surface area contributed by atoms with Gasteiger partial charge < -0.3 is 9.64 Å². The number of carbonyl (C=O) groups excluding carboxylic acids is 1. The number of nitrogens with zero attached hydrogens (tertiary/aromatic N) is 1. The second-order valence-electron chi connectivity index (χ2n) is 6.68. The van der Waals surface area contributed by atoms with Gasteiger partial charge in [0.15, 0.2) is 0 Å². The lowest BCUT2D eigenvalue weighted by Crippen LogP contribution is -2.27. The van der Waals surface area contributed by atoms with E-state index in [1.807, 2.05) is 29.2 Å².